The van der Waals surface area contributed by atoms with Crippen LogP contribution in [-0.4, -0.2) is 30.0 Å². The van der Waals surface area contributed by atoms with Gasteiger partial charge < -0.3 is 16.0 Å². The van der Waals surface area contributed by atoms with Gasteiger partial charge in [0.05, 0.1) is 5.52 Å². The number of aromatic nitrogens is 1. The fraction of sp³-hybridized carbons (Fsp3) is 0.357. The Morgan fingerprint density at radius 1 is 1.09 bits per heavy atom. The van der Waals surface area contributed by atoms with Crippen molar-refractivity contribution in [2.75, 3.05) is 18.4 Å². The van der Waals surface area contributed by atoms with Gasteiger partial charge in [-0.1, -0.05) is 17.9 Å². The number of nitrogens with one attached hydrogen (secondary N) is 3. The first kappa shape index (κ1) is 21.6. The van der Waals surface area contributed by atoms with Gasteiger partial charge in [0.1, 0.15) is 0 Å². The van der Waals surface area contributed by atoms with E-state index in [9.17, 15) is 4.79 Å². The van der Waals surface area contributed by atoms with Crippen molar-refractivity contribution in [1.82, 2.24) is 15.6 Å². The lowest BCUT2D eigenvalue weighted by Crippen LogP contribution is -2.39. The van der Waals surface area contributed by atoms with Gasteiger partial charge in [0, 0.05) is 46.9 Å². The number of hydrogen-bond acceptors (Lipinski definition) is 4. The molecule has 5 heteroatoms. The monoisotopic (exact) mass is 438 g/mol. The number of piperidine rings is 1. The smallest absolute Gasteiger partial charge is 0.255 e. The topological polar surface area (TPSA) is 66.1 Å². The summed E-state index contributed by atoms with van der Waals surface area (Å²) in [6.07, 6.45) is 6.70. The summed E-state index contributed by atoms with van der Waals surface area (Å²) in [5.41, 5.74) is 5.45. The molecule has 1 aliphatic carbocycles. The van der Waals surface area contributed by atoms with Crippen molar-refractivity contribution in [3.05, 3.63) is 70.9 Å². The molecule has 0 bridgehead atoms. The molecule has 0 atom stereocenters. The van der Waals surface area contributed by atoms with Crippen LogP contribution in [0.1, 0.15) is 52.7 Å². The average molecular weight is 439 g/mol. The van der Waals surface area contributed by atoms with E-state index in [0.717, 1.165) is 47.4 Å². The zero-order chi connectivity index (χ0) is 22.6. The Morgan fingerprint density at radius 2 is 1.88 bits per heavy atom. The molecule has 2 heterocycles. The van der Waals surface area contributed by atoms with E-state index in [2.05, 4.69) is 33.9 Å². The minimum atomic E-state index is -0.123. The van der Waals surface area contributed by atoms with Crippen molar-refractivity contribution in [3.8, 4) is 11.8 Å². The predicted octanol–water partition coefficient (Wildman–Crippen LogP) is 4.40. The summed E-state index contributed by atoms with van der Waals surface area (Å²) in [5.74, 6) is 6.88. The Labute approximate surface area is 195 Å². The van der Waals surface area contributed by atoms with Crippen LogP contribution in [0.25, 0.3) is 10.9 Å². The van der Waals surface area contributed by atoms with Gasteiger partial charge in [-0.3, -0.25) is 9.78 Å². The summed E-state index contributed by atoms with van der Waals surface area (Å²) in [5, 5.41) is 11.2. The molecule has 0 spiro atoms. The van der Waals surface area contributed by atoms with Crippen LogP contribution in [-0.2, 0) is 6.54 Å². The minimum Gasteiger partial charge on any atom is -0.322 e. The molecule has 5 rings (SSSR count). The first-order chi connectivity index (χ1) is 16.2. The van der Waals surface area contributed by atoms with Gasteiger partial charge in [0.2, 0.25) is 0 Å². The second-order valence-electron chi connectivity index (χ2n) is 9.13. The van der Waals surface area contributed by atoms with Gasteiger partial charge in [0.15, 0.2) is 0 Å². The minimum absolute atomic E-state index is 0.123. The third-order valence-corrected chi connectivity index (χ3v) is 6.49. The Hall–Kier alpha value is -3.20. The highest BCUT2D eigenvalue weighted by atomic mass is 16.1. The average Bonchev–Trinajstić information content (AvgIpc) is 3.69. The van der Waals surface area contributed by atoms with E-state index in [0.29, 0.717) is 17.5 Å². The first-order valence-electron chi connectivity index (χ1n) is 11.9. The van der Waals surface area contributed by atoms with Crippen molar-refractivity contribution in [2.24, 2.45) is 5.92 Å². The normalized spacial score (nSPS) is 16.3. The third kappa shape index (κ3) is 5.42. The molecular weight excluding hydrogens is 408 g/mol. The molecule has 5 nitrogen and oxygen atoms in total. The largest absolute Gasteiger partial charge is 0.322 e. The molecule has 1 amide bonds. The Bertz CT molecular complexity index is 1210. The van der Waals surface area contributed by atoms with Gasteiger partial charge in [-0.2, -0.15) is 0 Å². The molecule has 0 radical (unpaired) electrons. The van der Waals surface area contributed by atoms with Crippen molar-refractivity contribution < 1.29 is 4.79 Å². The zero-order valence-electron chi connectivity index (χ0n) is 19.1. The fourth-order valence-corrected chi connectivity index (χ4v) is 4.23. The van der Waals surface area contributed by atoms with Crippen LogP contribution in [0.3, 0.4) is 0 Å². The molecule has 1 saturated heterocycles. The molecule has 2 aliphatic rings. The molecule has 2 fully saturated rings. The van der Waals surface area contributed by atoms with Crippen molar-refractivity contribution in [1.29, 1.82) is 0 Å². The number of pyridine rings is 1. The highest BCUT2D eigenvalue weighted by molar-refractivity contribution is 6.06. The van der Waals surface area contributed by atoms with Crippen molar-refractivity contribution in [2.45, 2.75) is 45.2 Å². The van der Waals surface area contributed by atoms with Crippen LogP contribution in [0, 0.1) is 24.7 Å². The number of carbonyl (C=O) groups excluding carboxylic acids is 1. The van der Waals surface area contributed by atoms with E-state index in [1.165, 1.54) is 31.2 Å². The Balaban J connectivity index is 1.25. The summed E-state index contributed by atoms with van der Waals surface area (Å²) in [6, 6.07) is 14.3. The van der Waals surface area contributed by atoms with Crippen molar-refractivity contribution >= 4 is 22.5 Å². The first-order valence-corrected chi connectivity index (χ1v) is 11.9. The van der Waals surface area contributed by atoms with Crippen LogP contribution in [0.5, 0.6) is 0 Å². The molecule has 33 heavy (non-hydrogen) atoms. The van der Waals surface area contributed by atoms with Crippen LogP contribution >= 0.6 is 0 Å². The summed E-state index contributed by atoms with van der Waals surface area (Å²) in [4.78, 5) is 17.5. The van der Waals surface area contributed by atoms with Crippen LogP contribution in [0.15, 0.2) is 48.7 Å². The van der Waals surface area contributed by atoms with Gasteiger partial charge in [-0.15, -0.1) is 0 Å². The number of amides is 1. The summed E-state index contributed by atoms with van der Waals surface area (Å²) in [7, 11) is 0. The lowest BCUT2D eigenvalue weighted by atomic mass is 10.0. The number of rotatable bonds is 5. The highest BCUT2D eigenvalue weighted by Crippen LogP contribution is 2.28. The molecule has 0 unspecified atom stereocenters. The van der Waals surface area contributed by atoms with E-state index in [1.807, 2.05) is 49.5 Å². The zero-order valence-corrected chi connectivity index (χ0v) is 19.1. The third-order valence-electron chi connectivity index (χ3n) is 6.49. The van der Waals surface area contributed by atoms with E-state index in [4.69, 9.17) is 4.98 Å². The highest BCUT2D eigenvalue weighted by Gasteiger charge is 2.18. The van der Waals surface area contributed by atoms with Crippen LogP contribution in [0.4, 0.5) is 5.69 Å². The number of nitrogens with zero attached hydrogens (tertiary/aromatic N) is 1. The SMILES string of the molecule is Cc1c(NC(=O)c2ccc(C#CC3CC3)cc2)ccc2cc(CNC3CCNCC3)cnc12. The summed E-state index contributed by atoms with van der Waals surface area (Å²) >= 11 is 0. The van der Waals surface area contributed by atoms with Gasteiger partial charge >= 0.3 is 0 Å². The maximum absolute atomic E-state index is 12.8. The van der Waals surface area contributed by atoms with Crippen LogP contribution in [0.2, 0.25) is 0 Å². The number of hydrogen-bond donors (Lipinski definition) is 3. The number of fused-ring (bicyclic) bond motifs is 1. The molecule has 3 aromatic rings. The molecule has 1 aliphatic heterocycles. The summed E-state index contributed by atoms with van der Waals surface area (Å²) in [6.45, 7) is 5.00. The molecule has 168 valence electrons. The van der Waals surface area contributed by atoms with E-state index in [1.54, 1.807) is 0 Å². The van der Waals surface area contributed by atoms with Crippen molar-refractivity contribution in [3.63, 3.8) is 0 Å². The molecule has 2 aromatic carbocycles. The number of carbonyl (C=O) groups is 1. The molecule has 1 saturated carbocycles. The van der Waals surface area contributed by atoms with Gasteiger partial charge in [-0.25, -0.2) is 0 Å². The standard InChI is InChI=1S/C28H30N4O/c1-19-26(32-28(33)23-8-6-21(7-9-23)5-4-20-2-3-20)11-10-24-16-22(18-31-27(19)24)17-30-25-12-14-29-15-13-25/h6-11,16,18,20,25,29-30H,2-3,12-15,17H2,1H3,(H,32,33). The lowest BCUT2D eigenvalue weighted by molar-refractivity contribution is 0.102. The number of aryl methyl sites for hydroxylation is 1. The van der Waals surface area contributed by atoms with Gasteiger partial charge in [0.25, 0.3) is 5.91 Å². The fourth-order valence-electron chi connectivity index (χ4n) is 4.23. The van der Waals surface area contributed by atoms with Gasteiger partial charge in [-0.05, 0) is 93.2 Å². The van der Waals surface area contributed by atoms with E-state index < -0.39 is 0 Å². The molecule has 1 aromatic heterocycles. The quantitative estimate of drug-likeness (QED) is 0.517. The number of anilines is 1. The number of benzene rings is 2. The molecule has 3 N–H and O–H groups in total. The van der Waals surface area contributed by atoms with E-state index in [-0.39, 0.29) is 5.91 Å². The second-order valence-corrected chi connectivity index (χ2v) is 9.13. The van der Waals surface area contributed by atoms with E-state index >= 15 is 0 Å². The second kappa shape index (κ2) is 9.74. The van der Waals surface area contributed by atoms with Crippen LogP contribution < -0.4 is 16.0 Å². The summed E-state index contributed by atoms with van der Waals surface area (Å²) < 4.78 is 0. The lowest BCUT2D eigenvalue weighted by Gasteiger charge is -2.23. The maximum atomic E-state index is 12.8. The Morgan fingerprint density at radius 3 is 2.64 bits per heavy atom. The molecular formula is C28H30N4O. The predicted molar refractivity (Wildman–Crippen MR) is 133 cm³/mol. The Kier molecular flexibility index (Phi) is 6.39. The maximum Gasteiger partial charge on any atom is 0.255 e.